The average molecular weight is 456 g/mol. The predicted octanol–water partition coefficient (Wildman–Crippen LogP) is 3.26. The Morgan fingerprint density at radius 2 is 1.88 bits per heavy atom. The Morgan fingerprint density at radius 1 is 1.09 bits per heavy atom. The maximum Gasteiger partial charge on any atom is 0.338 e. The molecule has 4 aromatic rings. The van der Waals surface area contributed by atoms with E-state index in [9.17, 15) is 9.59 Å². The Bertz CT molecular complexity index is 1610. The number of rotatable bonds is 3. The van der Waals surface area contributed by atoms with Gasteiger partial charge in [-0.3, -0.25) is 9.36 Å². The molecule has 0 radical (unpaired) electrons. The van der Waals surface area contributed by atoms with Crippen molar-refractivity contribution in [1.82, 2.24) is 9.55 Å². The molecular weight excluding hydrogens is 434 g/mol. The van der Waals surface area contributed by atoms with Gasteiger partial charge in [0.25, 0.3) is 5.56 Å². The molecule has 0 aliphatic carbocycles. The van der Waals surface area contributed by atoms with Gasteiger partial charge in [-0.15, -0.1) is 0 Å². The normalized spacial score (nSPS) is 16.0. The molecule has 1 atom stereocenters. The second kappa shape index (κ2) is 8.26. The molecule has 0 bridgehead atoms. The number of hydrogen-bond acceptors (Lipinski definition) is 6. The first kappa shape index (κ1) is 21.0. The number of benzene rings is 2. The third kappa shape index (κ3) is 3.70. The van der Waals surface area contributed by atoms with E-state index in [1.165, 1.54) is 24.0 Å². The fourth-order valence-electron chi connectivity index (χ4n) is 4.12. The molecule has 0 spiro atoms. The average Bonchev–Trinajstić information content (AvgIpc) is 3.12. The summed E-state index contributed by atoms with van der Waals surface area (Å²) in [7, 11) is 1.34. The topological polar surface area (TPSA) is 73.6 Å². The summed E-state index contributed by atoms with van der Waals surface area (Å²) >= 11 is 1.29. The van der Waals surface area contributed by atoms with Crippen LogP contribution in [-0.2, 0) is 9.53 Å². The van der Waals surface area contributed by atoms with Crippen LogP contribution < -0.4 is 14.9 Å². The molecule has 7 heteroatoms. The first-order valence-electron chi connectivity index (χ1n) is 10.5. The van der Waals surface area contributed by atoms with Gasteiger partial charge in [0.05, 0.1) is 40.2 Å². The molecule has 0 amide bonds. The standard InChI is InChI=1S/C26H21N3O3S/c1-15-9-12-20-18(13-15)10-11-19(28-20)14-21-24(30)29-23(17-7-5-4-6-8-17)22(25(31)32-3)16(2)27-26(29)33-21/h4-14,23H,1-3H3. The largest absolute Gasteiger partial charge is 0.466 e. The van der Waals surface area contributed by atoms with Crippen LogP contribution in [0.1, 0.15) is 29.8 Å². The van der Waals surface area contributed by atoms with Gasteiger partial charge in [0.1, 0.15) is 0 Å². The molecule has 3 heterocycles. The van der Waals surface area contributed by atoms with Crippen molar-refractivity contribution in [2.75, 3.05) is 7.11 Å². The number of fused-ring (bicyclic) bond motifs is 2. The van der Waals surface area contributed by atoms with E-state index in [4.69, 9.17) is 9.72 Å². The fraction of sp³-hybridized carbons (Fsp3) is 0.154. The highest BCUT2D eigenvalue weighted by molar-refractivity contribution is 7.07. The van der Waals surface area contributed by atoms with Crippen molar-refractivity contribution in [2.45, 2.75) is 19.9 Å². The number of aromatic nitrogens is 2. The minimum atomic E-state index is -0.607. The lowest BCUT2D eigenvalue weighted by Crippen LogP contribution is -2.39. The van der Waals surface area contributed by atoms with E-state index >= 15 is 0 Å². The van der Waals surface area contributed by atoms with Gasteiger partial charge >= 0.3 is 5.97 Å². The molecule has 2 aromatic carbocycles. The van der Waals surface area contributed by atoms with E-state index in [1.807, 2.05) is 61.5 Å². The van der Waals surface area contributed by atoms with Gasteiger partial charge in [-0.1, -0.05) is 59.4 Å². The SMILES string of the molecule is COC(=O)C1=C(C)N=c2sc(=Cc3ccc4cc(C)ccc4n3)c(=O)n2C1c1ccccc1. The highest BCUT2D eigenvalue weighted by atomic mass is 32.1. The fourth-order valence-corrected chi connectivity index (χ4v) is 5.15. The first-order valence-corrected chi connectivity index (χ1v) is 11.3. The van der Waals surface area contributed by atoms with Crippen LogP contribution >= 0.6 is 11.3 Å². The maximum atomic E-state index is 13.6. The predicted molar refractivity (Wildman–Crippen MR) is 129 cm³/mol. The van der Waals surface area contributed by atoms with E-state index in [2.05, 4.69) is 11.1 Å². The van der Waals surface area contributed by atoms with Gasteiger partial charge in [0.15, 0.2) is 4.80 Å². The third-order valence-electron chi connectivity index (χ3n) is 5.69. The lowest BCUT2D eigenvalue weighted by Gasteiger charge is -2.24. The van der Waals surface area contributed by atoms with Crippen LogP contribution in [0.2, 0.25) is 0 Å². The minimum absolute atomic E-state index is 0.215. The van der Waals surface area contributed by atoms with Crippen LogP contribution in [0, 0.1) is 6.92 Å². The molecule has 2 aromatic heterocycles. The molecule has 0 saturated heterocycles. The molecule has 6 nitrogen and oxygen atoms in total. The summed E-state index contributed by atoms with van der Waals surface area (Å²) in [6, 6.07) is 18.8. The zero-order valence-electron chi connectivity index (χ0n) is 18.4. The maximum absolute atomic E-state index is 13.6. The second-order valence-corrected chi connectivity index (χ2v) is 8.93. The van der Waals surface area contributed by atoms with Crippen molar-refractivity contribution in [3.05, 3.63) is 108 Å². The number of nitrogens with zero attached hydrogens (tertiary/aromatic N) is 3. The van der Waals surface area contributed by atoms with Crippen molar-refractivity contribution in [3.63, 3.8) is 0 Å². The number of allylic oxidation sites excluding steroid dienone is 1. The highest BCUT2D eigenvalue weighted by Crippen LogP contribution is 2.30. The highest BCUT2D eigenvalue weighted by Gasteiger charge is 2.32. The minimum Gasteiger partial charge on any atom is -0.466 e. The smallest absolute Gasteiger partial charge is 0.338 e. The van der Waals surface area contributed by atoms with E-state index < -0.39 is 12.0 Å². The molecular formula is C26H21N3O3S. The summed E-state index contributed by atoms with van der Waals surface area (Å²) in [5, 5.41) is 1.05. The Hall–Kier alpha value is -3.84. The van der Waals surface area contributed by atoms with Gasteiger partial charge in [-0.25, -0.2) is 14.8 Å². The lowest BCUT2D eigenvalue weighted by atomic mass is 9.96. The summed E-state index contributed by atoms with van der Waals surface area (Å²) < 4.78 is 7.12. The summed E-state index contributed by atoms with van der Waals surface area (Å²) in [5.41, 5.74) is 4.24. The van der Waals surface area contributed by atoms with Crippen molar-refractivity contribution in [1.29, 1.82) is 0 Å². The third-order valence-corrected chi connectivity index (χ3v) is 6.67. The van der Waals surface area contributed by atoms with Crippen molar-refractivity contribution < 1.29 is 9.53 Å². The van der Waals surface area contributed by atoms with Gasteiger partial charge < -0.3 is 4.74 Å². The zero-order valence-corrected chi connectivity index (χ0v) is 19.2. The summed E-state index contributed by atoms with van der Waals surface area (Å²) in [6.45, 7) is 3.81. The molecule has 1 aliphatic rings. The van der Waals surface area contributed by atoms with Gasteiger partial charge in [-0.05, 0) is 43.7 Å². The molecule has 33 heavy (non-hydrogen) atoms. The number of carbonyl (C=O) groups is 1. The molecule has 1 unspecified atom stereocenters. The number of esters is 1. The van der Waals surface area contributed by atoms with E-state index in [0.29, 0.717) is 26.3 Å². The van der Waals surface area contributed by atoms with Crippen molar-refractivity contribution >= 4 is 34.3 Å². The van der Waals surface area contributed by atoms with Gasteiger partial charge in [0, 0.05) is 5.39 Å². The molecule has 164 valence electrons. The van der Waals surface area contributed by atoms with Crippen molar-refractivity contribution in [3.8, 4) is 0 Å². The van der Waals surface area contributed by atoms with E-state index in [0.717, 1.165) is 16.5 Å². The number of hydrogen-bond donors (Lipinski definition) is 0. The van der Waals surface area contributed by atoms with Crippen LogP contribution in [-0.4, -0.2) is 22.6 Å². The monoisotopic (exact) mass is 455 g/mol. The zero-order chi connectivity index (χ0) is 23.1. The van der Waals surface area contributed by atoms with Crippen LogP contribution in [0.25, 0.3) is 17.0 Å². The van der Waals surface area contributed by atoms with E-state index in [1.54, 1.807) is 17.6 Å². The lowest BCUT2D eigenvalue weighted by molar-refractivity contribution is -0.136. The number of pyridine rings is 1. The summed E-state index contributed by atoms with van der Waals surface area (Å²) in [5.74, 6) is -0.495. The molecule has 5 rings (SSSR count). The number of carbonyl (C=O) groups excluding carboxylic acids is 1. The van der Waals surface area contributed by atoms with Crippen LogP contribution in [0.3, 0.4) is 0 Å². The van der Waals surface area contributed by atoms with Gasteiger partial charge in [-0.2, -0.15) is 0 Å². The Labute approximate surface area is 193 Å². The Morgan fingerprint density at radius 3 is 2.64 bits per heavy atom. The van der Waals surface area contributed by atoms with Crippen LogP contribution in [0.4, 0.5) is 0 Å². The quantitative estimate of drug-likeness (QED) is 0.445. The first-order chi connectivity index (χ1) is 16.0. The van der Waals surface area contributed by atoms with Gasteiger partial charge in [0.2, 0.25) is 0 Å². The second-order valence-electron chi connectivity index (χ2n) is 7.92. The van der Waals surface area contributed by atoms with Crippen molar-refractivity contribution in [2.24, 2.45) is 4.99 Å². The number of methoxy groups -OCH3 is 1. The molecule has 0 N–H and O–H groups in total. The number of thiazole rings is 1. The van der Waals surface area contributed by atoms with Crippen LogP contribution in [0.15, 0.2) is 81.7 Å². The molecule has 1 aliphatic heterocycles. The molecule has 0 saturated carbocycles. The number of ether oxygens (including phenoxy) is 1. The Balaban J connectivity index is 1.71. The van der Waals surface area contributed by atoms with Crippen LogP contribution in [0.5, 0.6) is 0 Å². The van der Waals surface area contributed by atoms with E-state index in [-0.39, 0.29) is 5.56 Å². The summed E-state index contributed by atoms with van der Waals surface area (Å²) in [6.07, 6.45) is 1.78. The summed E-state index contributed by atoms with van der Waals surface area (Å²) in [4.78, 5) is 36.0. The Kier molecular flexibility index (Phi) is 5.26. The number of aryl methyl sites for hydroxylation is 1. The molecule has 0 fully saturated rings.